The predicted octanol–water partition coefficient (Wildman–Crippen LogP) is 2.19. The highest BCUT2D eigenvalue weighted by Crippen LogP contribution is 2.07. The van der Waals surface area contributed by atoms with Crippen molar-refractivity contribution in [3.8, 4) is 0 Å². The smallest absolute Gasteiger partial charge is 0.404 e. The lowest BCUT2D eigenvalue weighted by molar-refractivity contribution is 0.194. The van der Waals surface area contributed by atoms with Gasteiger partial charge in [-0.25, -0.2) is 4.79 Å². The van der Waals surface area contributed by atoms with E-state index in [1.54, 1.807) is 0 Å². The molecule has 0 unspecified atom stereocenters. The Balaban J connectivity index is 2.61. The van der Waals surface area contributed by atoms with Gasteiger partial charge in [0.2, 0.25) is 0 Å². The second-order valence-electron chi connectivity index (χ2n) is 2.61. The van der Waals surface area contributed by atoms with Crippen molar-refractivity contribution in [2.45, 2.75) is 12.4 Å². The minimum atomic E-state index is -1.02. The van der Waals surface area contributed by atoms with Crippen LogP contribution in [-0.4, -0.2) is 11.2 Å². The van der Waals surface area contributed by atoms with Gasteiger partial charge in [-0.3, -0.25) is 0 Å². The average Bonchev–Trinajstić information content (AvgIpc) is 2.15. The average molecular weight is 200 g/mol. The lowest BCUT2D eigenvalue weighted by Crippen LogP contribution is -2.19. The Hall–Kier alpha value is -1.22. The number of hydrogen-bond donors (Lipinski definition) is 2. The van der Waals surface area contributed by atoms with Crippen LogP contribution in [-0.2, 0) is 12.4 Å². The highest BCUT2D eigenvalue weighted by Gasteiger charge is 1.97. The molecule has 2 N–H and O–H groups in total. The molecule has 1 aromatic rings. The largest absolute Gasteiger partial charge is 0.465 e. The maximum atomic E-state index is 10.2. The fraction of sp³-hybridized carbons (Fsp3) is 0.222. The Morgan fingerprint density at radius 1 is 1.46 bits per heavy atom. The lowest BCUT2D eigenvalue weighted by Gasteiger charge is -2.02. The summed E-state index contributed by atoms with van der Waals surface area (Å²) in [5, 5.41) is 10.7. The van der Waals surface area contributed by atoms with E-state index in [-0.39, 0.29) is 0 Å². The number of carbonyl (C=O) groups is 1. The van der Waals surface area contributed by atoms with Crippen molar-refractivity contribution in [3.05, 3.63) is 35.4 Å². The van der Waals surface area contributed by atoms with Crippen LogP contribution in [0.2, 0.25) is 0 Å². The van der Waals surface area contributed by atoms with Gasteiger partial charge in [-0.2, -0.15) is 0 Å². The number of carboxylic acid groups (broad SMARTS) is 1. The molecule has 0 radical (unpaired) electrons. The lowest BCUT2D eigenvalue weighted by atomic mass is 10.1. The maximum absolute atomic E-state index is 10.2. The van der Waals surface area contributed by atoms with Crippen LogP contribution in [0.25, 0.3) is 0 Å². The molecule has 0 aliphatic rings. The molecule has 0 aliphatic carbocycles. The first-order chi connectivity index (χ1) is 6.22. The van der Waals surface area contributed by atoms with E-state index in [4.69, 9.17) is 16.7 Å². The van der Waals surface area contributed by atoms with Gasteiger partial charge in [-0.15, -0.1) is 11.6 Å². The highest BCUT2D eigenvalue weighted by molar-refractivity contribution is 6.17. The summed E-state index contributed by atoms with van der Waals surface area (Å²) in [6, 6.07) is 7.49. The Bertz CT molecular complexity index is 301. The summed E-state index contributed by atoms with van der Waals surface area (Å²) < 4.78 is 0. The summed E-state index contributed by atoms with van der Waals surface area (Å²) in [4.78, 5) is 10.2. The van der Waals surface area contributed by atoms with E-state index >= 15 is 0 Å². The summed E-state index contributed by atoms with van der Waals surface area (Å²) in [6.45, 7) is 0.320. The topological polar surface area (TPSA) is 49.3 Å². The first kappa shape index (κ1) is 9.86. The molecule has 0 heterocycles. The summed E-state index contributed by atoms with van der Waals surface area (Å²) in [5.41, 5.74) is 1.91. The number of hydrogen-bond acceptors (Lipinski definition) is 1. The van der Waals surface area contributed by atoms with E-state index in [9.17, 15) is 4.79 Å². The van der Waals surface area contributed by atoms with Crippen LogP contribution < -0.4 is 5.32 Å². The first-order valence-corrected chi connectivity index (χ1v) is 4.36. The molecule has 0 spiro atoms. The monoisotopic (exact) mass is 199 g/mol. The van der Waals surface area contributed by atoms with Crippen molar-refractivity contribution in [1.29, 1.82) is 0 Å². The first-order valence-electron chi connectivity index (χ1n) is 3.83. The molecule has 3 nitrogen and oxygen atoms in total. The van der Waals surface area contributed by atoms with E-state index in [1.165, 1.54) is 0 Å². The van der Waals surface area contributed by atoms with Crippen LogP contribution in [0, 0.1) is 0 Å². The summed E-state index contributed by atoms with van der Waals surface area (Å²) in [5.74, 6) is 0.445. The second-order valence-corrected chi connectivity index (χ2v) is 2.88. The Kier molecular flexibility index (Phi) is 3.58. The molecule has 1 rings (SSSR count). The molecule has 1 aromatic carbocycles. The molecule has 0 saturated heterocycles. The van der Waals surface area contributed by atoms with Gasteiger partial charge in [0.1, 0.15) is 0 Å². The van der Waals surface area contributed by atoms with E-state index in [0.29, 0.717) is 12.4 Å². The molecule has 0 aromatic heterocycles. The van der Waals surface area contributed by atoms with Crippen LogP contribution in [0.5, 0.6) is 0 Å². The second kappa shape index (κ2) is 4.72. The Labute approximate surface area is 81.3 Å². The van der Waals surface area contributed by atoms with Crippen LogP contribution in [0.3, 0.4) is 0 Å². The molecule has 0 bridgehead atoms. The highest BCUT2D eigenvalue weighted by atomic mass is 35.5. The van der Waals surface area contributed by atoms with Crippen LogP contribution in [0.4, 0.5) is 4.79 Å². The summed E-state index contributed by atoms with van der Waals surface area (Å²) in [6.07, 6.45) is -1.02. The van der Waals surface area contributed by atoms with Crippen LogP contribution >= 0.6 is 11.6 Å². The minimum Gasteiger partial charge on any atom is -0.465 e. The van der Waals surface area contributed by atoms with Gasteiger partial charge in [0.05, 0.1) is 0 Å². The molecular formula is C9H10ClNO2. The van der Waals surface area contributed by atoms with Gasteiger partial charge >= 0.3 is 6.09 Å². The number of amides is 1. The Morgan fingerprint density at radius 2 is 2.15 bits per heavy atom. The third kappa shape index (κ3) is 3.34. The molecule has 1 amide bonds. The molecule has 0 fully saturated rings. The number of benzene rings is 1. The zero-order valence-corrected chi connectivity index (χ0v) is 7.71. The van der Waals surface area contributed by atoms with Crippen molar-refractivity contribution >= 4 is 17.7 Å². The zero-order chi connectivity index (χ0) is 9.68. The van der Waals surface area contributed by atoms with Gasteiger partial charge < -0.3 is 10.4 Å². The molecule has 0 aliphatic heterocycles. The van der Waals surface area contributed by atoms with Crippen molar-refractivity contribution < 1.29 is 9.90 Å². The zero-order valence-electron chi connectivity index (χ0n) is 6.96. The van der Waals surface area contributed by atoms with Crippen LogP contribution in [0.15, 0.2) is 24.3 Å². The molecule has 70 valence electrons. The van der Waals surface area contributed by atoms with Gasteiger partial charge in [0.25, 0.3) is 0 Å². The van der Waals surface area contributed by atoms with Crippen molar-refractivity contribution in [1.82, 2.24) is 5.32 Å². The molecule has 0 atom stereocenters. The van der Waals surface area contributed by atoms with Crippen molar-refractivity contribution in [3.63, 3.8) is 0 Å². The summed E-state index contributed by atoms with van der Waals surface area (Å²) >= 11 is 5.62. The standard InChI is InChI=1S/C9H10ClNO2/c10-5-7-2-1-3-8(4-7)6-11-9(12)13/h1-4,11H,5-6H2,(H,12,13). The number of rotatable bonds is 3. The van der Waals surface area contributed by atoms with Gasteiger partial charge in [0.15, 0.2) is 0 Å². The fourth-order valence-electron chi connectivity index (χ4n) is 1.00. The van der Waals surface area contributed by atoms with E-state index in [1.807, 2.05) is 24.3 Å². The molecule has 4 heteroatoms. The third-order valence-electron chi connectivity index (χ3n) is 1.59. The summed E-state index contributed by atoms with van der Waals surface area (Å²) in [7, 11) is 0. The number of alkyl halides is 1. The number of nitrogens with one attached hydrogen (secondary N) is 1. The van der Waals surface area contributed by atoms with E-state index in [0.717, 1.165) is 11.1 Å². The third-order valence-corrected chi connectivity index (χ3v) is 1.90. The Morgan fingerprint density at radius 3 is 2.77 bits per heavy atom. The van der Waals surface area contributed by atoms with Gasteiger partial charge in [0, 0.05) is 12.4 Å². The SMILES string of the molecule is O=C(O)NCc1cccc(CCl)c1. The van der Waals surface area contributed by atoms with Gasteiger partial charge in [-0.1, -0.05) is 24.3 Å². The van der Waals surface area contributed by atoms with E-state index < -0.39 is 6.09 Å². The van der Waals surface area contributed by atoms with Gasteiger partial charge in [-0.05, 0) is 11.1 Å². The van der Waals surface area contributed by atoms with Crippen molar-refractivity contribution in [2.75, 3.05) is 0 Å². The van der Waals surface area contributed by atoms with Crippen molar-refractivity contribution in [2.24, 2.45) is 0 Å². The normalized spacial score (nSPS) is 9.62. The predicted molar refractivity (Wildman–Crippen MR) is 50.9 cm³/mol. The molecule has 13 heavy (non-hydrogen) atoms. The van der Waals surface area contributed by atoms with E-state index in [2.05, 4.69) is 5.32 Å². The quantitative estimate of drug-likeness (QED) is 0.734. The van der Waals surface area contributed by atoms with Crippen LogP contribution in [0.1, 0.15) is 11.1 Å². The minimum absolute atomic E-state index is 0.320. The number of halogens is 1. The fourth-order valence-corrected chi connectivity index (χ4v) is 1.17. The maximum Gasteiger partial charge on any atom is 0.404 e. The molecule has 0 saturated carbocycles. The molecular weight excluding hydrogens is 190 g/mol.